The van der Waals surface area contributed by atoms with Gasteiger partial charge in [-0.25, -0.2) is 0 Å². The molecule has 0 radical (unpaired) electrons. The molecule has 0 spiro atoms. The van der Waals surface area contributed by atoms with Crippen LogP contribution in [0.3, 0.4) is 0 Å². The molecule has 0 saturated carbocycles. The molecule has 0 aliphatic rings. The van der Waals surface area contributed by atoms with Gasteiger partial charge < -0.3 is 16.3 Å². The van der Waals surface area contributed by atoms with Gasteiger partial charge in [-0.3, -0.25) is 0 Å². The topological polar surface area (TPSA) is 70.6 Å². The fraction of sp³-hybridized carbons (Fsp3) is 0.462. The third kappa shape index (κ3) is 4.98. The summed E-state index contributed by atoms with van der Waals surface area (Å²) in [6.45, 7) is 5.19. The molecule has 1 aromatic carbocycles. The van der Waals surface area contributed by atoms with E-state index in [-0.39, 0.29) is 5.84 Å². The smallest absolute Gasteiger partial charge is 0.170 e. The van der Waals surface area contributed by atoms with Crippen LogP contribution in [0.5, 0.6) is 0 Å². The first kappa shape index (κ1) is 14.9. The summed E-state index contributed by atoms with van der Waals surface area (Å²) in [5.41, 5.74) is 7.43. The summed E-state index contributed by atoms with van der Waals surface area (Å²) in [6, 6.07) is 8.19. The fourth-order valence-corrected chi connectivity index (χ4v) is 2.20. The summed E-state index contributed by atoms with van der Waals surface area (Å²) in [5, 5.41) is 15.0. The van der Waals surface area contributed by atoms with Crippen molar-refractivity contribution >= 4 is 17.6 Å². The Hall–Kier alpha value is -1.20. The number of amidine groups is 1. The third-order valence-corrected chi connectivity index (χ3v) is 3.73. The van der Waals surface area contributed by atoms with Crippen molar-refractivity contribution in [3.05, 3.63) is 35.4 Å². The van der Waals surface area contributed by atoms with E-state index < -0.39 is 0 Å². The van der Waals surface area contributed by atoms with Crippen LogP contribution in [0.15, 0.2) is 29.4 Å². The molecule has 0 heterocycles. The number of nitrogens with zero attached hydrogens (tertiary/aromatic N) is 1. The lowest BCUT2D eigenvalue weighted by atomic mass is 10.1. The molecule has 0 fully saturated rings. The first-order chi connectivity index (χ1) is 8.67. The van der Waals surface area contributed by atoms with Gasteiger partial charge in [-0.2, -0.15) is 11.8 Å². The number of rotatable bonds is 7. The minimum absolute atomic E-state index is 0.141. The number of thioether (sulfide) groups is 1. The van der Waals surface area contributed by atoms with Crippen LogP contribution in [0, 0.1) is 0 Å². The van der Waals surface area contributed by atoms with Gasteiger partial charge in [0.05, 0.1) is 0 Å². The Kier molecular flexibility index (Phi) is 6.60. The number of oxime groups is 1. The van der Waals surface area contributed by atoms with Crippen LogP contribution in [-0.2, 0) is 6.54 Å². The molecule has 0 amide bonds. The predicted octanol–water partition coefficient (Wildman–Crippen LogP) is 2.01. The number of hydrogen-bond donors (Lipinski definition) is 3. The zero-order valence-corrected chi connectivity index (χ0v) is 11.7. The molecule has 1 rings (SSSR count). The van der Waals surface area contributed by atoms with E-state index in [1.54, 1.807) is 0 Å². The molecule has 0 aliphatic heterocycles. The van der Waals surface area contributed by atoms with Crippen molar-refractivity contribution in [3.63, 3.8) is 0 Å². The molecular weight excluding hydrogens is 246 g/mol. The molecule has 1 atom stereocenters. The van der Waals surface area contributed by atoms with Gasteiger partial charge in [0.1, 0.15) is 0 Å². The van der Waals surface area contributed by atoms with Gasteiger partial charge in [-0.15, -0.1) is 0 Å². The highest BCUT2D eigenvalue weighted by molar-refractivity contribution is 7.99. The van der Waals surface area contributed by atoms with Gasteiger partial charge in [-0.1, -0.05) is 36.3 Å². The first-order valence-corrected chi connectivity index (χ1v) is 7.20. The van der Waals surface area contributed by atoms with Crippen LogP contribution in [0.25, 0.3) is 0 Å². The maximum absolute atomic E-state index is 8.56. The van der Waals surface area contributed by atoms with Gasteiger partial charge in [0.2, 0.25) is 0 Å². The van der Waals surface area contributed by atoms with Crippen molar-refractivity contribution in [1.82, 2.24) is 5.32 Å². The second kappa shape index (κ2) is 8.00. The minimum atomic E-state index is 0.141. The van der Waals surface area contributed by atoms with Crippen LogP contribution in [0.1, 0.15) is 25.0 Å². The molecular formula is C13H21N3OS. The van der Waals surface area contributed by atoms with E-state index in [1.165, 1.54) is 5.56 Å². The molecule has 0 aromatic heterocycles. The standard InChI is InChI=1S/C13H21N3OS/c1-3-18-9-10(2)15-8-11-4-6-12(7-5-11)13(14)16-17/h4-7,10,15,17H,3,8-9H2,1-2H3,(H2,14,16). The summed E-state index contributed by atoms with van der Waals surface area (Å²) in [4.78, 5) is 0. The Bertz CT molecular complexity index is 378. The van der Waals surface area contributed by atoms with Gasteiger partial charge >= 0.3 is 0 Å². The van der Waals surface area contributed by atoms with E-state index in [2.05, 4.69) is 24.3 Å². The van der Waals surface area contributed by atoms with E-state index in [9.17, 15) is 0 Å². The third-order valence-electron chi connectivity index (χ3n) is 2.58. The first-order valence-electron chi connectivity index (χ1n) is 6.05. The molecule has 4 nitrogen and oxygen atoms in total. The monoisotopic (exact) mass is 267 g/mol. The molecule has 4 N–H and O–H groups in total. The van der Waals surface area contributed by atoms with Crippen molar-refractivity contribution in [1.29, 1.82) is 0 Å². The number of nitrogens with two attached hydrogens (primary N) is 1. The lowest BCUT2D eigenvalue weighted by Gasteiger charge is -2.13. The predicted molar refractivity (Wildman–Crippen MR) is 78.3 cm³/mol. The summed E-state index contributed by atoms with van der Waals surface area (Å²) in [5.74, 6) is 2.42. The van der Waals surface area contributed by atoms with Crippen LogP contribution >= 0.6 is 11.8 Å². The van der Waals surface area contributed by atoms with E-state index >= 15 is 0 Å². The SMILES string of the molecule is CCSCC(C)NCc1ccc(/C(N)=N/O)cc1. The van der Waals surface area contributed by atoms with Crippen molar-refractivity contribution in [2.24, 2.45) is 10.9 Å². The average molecular weight is 267 g/mol. The Balaban J connectivity index is 2.44. The van der Waals surface area contributed by atoms with E-state index in [1.807, 2.05) is 36.0 Å². The molecule has 0 saturated heterocycles. The number of benzene rings is 1. The maximum atomic E-state index is 8.56. The number of hydrogen-bond acceptors (Lipinski definition) is 4. The molecule has 0 bridgehead atoms. The van der Waals surface area contributed by atoms with Gasteiger partial charge in [-0.05, 0) is 18.2 Å². The fourth-order valence-electron chi connectivity index (χ4n) is 1.50. The van der Waals surface area contributed by atoms with Gasteiger partial charge in [0, 0.05) is 23.9 Å². The highest BCUT2D eigenvalue weighted by atomic mass is 32.2. The average Bonchev–Trinajstić information content (AvgIpc) is 2.42. The van der Waals surface area contributed by atoms with Crippen molar-refractivity contribution in [2.75, 3.05) is 11.5 Å². The molecule has 1 unspecified atom stereocenters. The van der Waals surface area contributed by atoms with E-state index in [4.69, 9.17) is 10.9 Å². The summed E-state index contributed by atoms with van der Waals surface area (Å²) < 4.78 is 0. The van der Waals surface area contributed by atoms with Crippen LogP contribution in [0.2, 0.25) is 0 Å². The second-order valence-corrected chi connectivity index (χ2v) is 5.44. The van der Waals surface area contributed by atoms with E-state index in [0.29, 0.717) is 6.04 Å². The Morgan fingerprint density at radius 3 is 2.67 bits per heavy atom. The highest BCUT2D eigenvalue weighted by Crippen LogP contribution is 2.06. The lowest BCUT2D eigenvalue weighted by Crippen LogP contribution is -2.27. The second-order valence-electron chi connectivity index (χ2n) is 4.12. The van der Waals surface area contributed by atoms with Crippen LogP contribution in [0.4, 0.5) is 0 Å². The van der Waals surface area contributed by atoms with E-state index in [0.717, 1.165) is 23.6 Å². The molecule has 5 heteroatoms. The lowest BCUT2D eigenvalue weighted by molar-refractivity contribution is 0.318. The Labute approximate surface area is 113 Å². The van der Waals surface area contributed by atoms with Gasteiger partial charge in [0.25, 0.3) is 0 Å². The Morgan fingerprint density at radius 2 is 2.11 bits per heavy atom. The maximum Gasteiger partial charge on any atom is 0.170 e. The largest absolute Gasteiger partial charge is 0.409 e. The zero-order valence-electron chi connectivity index (χ0n) is 10.9. The van der Waals surface area contributed by atoms with Crippen molar-refractivity contribution in [3.8, 4) is 0 Å². The summed E-state index contributed by atoms with van der Waals surface area (Å²) in [6.07, 6.45) is 0. The summed E-state index contributed by atoms with van der Waals surface area (Å²) in [7, 11) is 0. The normalized spacial score (nSPS) is 13.6. The van der Waals surface area contributed by atoms with Crippen molar-refractivity contribution in [2.45, 2.75) is 26.4 Å². The zero-order chi connectivity index (χ0) is 13.4. The quantitative estimate of drug-likeness (QED) is 0.306. The highest BCUT2D eigenvalue weighted by Gasteiger charge is 2.02. The van der Waals surface area contributed by atoms with Crippen LogP contribution in [-0.4, -0.2) is 28.6 Å². The molecule has 18 heavy (non-hydrogen) atoms. The molecule has 1 aromatic rings. The molecule has 0 aliphatic carbocycles. The molecule has 100 valence electrons. The van der Waals surface area contributed by atoms with Crippen molar-refractivity contribution < 1.29 is 5.21 Å². The Morgan fingerprint density at radius 1 is 1.44 bits per heavy atom. The number of nitrogens with one attached hydrogen (secondary N) is 1. The summed E-state index contributed by atoms with van der Waals surface area (Å²) >= 11 is 1.94. The van der Waals surface area contributed by atoms with Gasteiger partial charge in [0.15, 0.2) is 5.84 Å². The van der Waals surface area contributed by atoms with Crippen LogP contribution < -0.4 is 11.1 Å². The minimum Gasteiger partial charge on any atom is -0.409 e.